The van der Waals surface area contributed by atoms with Gasteiger partial charge < -0.3 is 10.4 Å². The monoisotopic (exact) mass is 329 g/mol. The van der Waals surface area contributed by atoms with Crippen LogP contribution in [0.1, 0.15) is 10.4 Å². The molecule has 1 aromatic carbocycles. The van der Waals surface area contributed by atoms with Crippen LogP contribution in [0.3, 0.4) is 0 Å². The first-order valence-corrected chi connectivity index (χ1v) is 7.34. The molecule has 7 heteroatoms. The highest BCUT2D eigenvalue weighted by molar-refractivity contribution is 7.10. The first kappa shape index (κ1) is 16.5. The van der Waals surface area contributed by atoms with Gasteiger partial charge in [0, 0.05) is 4.88 Å². The second kappa shape index (κ2) is 6.50. The molecule has 2 rings (SSSR count). The third kappa shape index (κ3) is 3.66. The first-order valence-electron chi connectivity index (χ1n) is 6.46. The molecule has 1 atom stereocenters. The van der Waals surface area contributed by atoms with Crippen molar-refractivity contribution in [1.82, 2.24) is 5.32 Å². The SMILES string of the molecule is O=C(Cc1cccs1)NCC(O)(c1ccccc1)C(F)(F)F. The molecular formula is C15H14F3NO2S. The molecule has 22 heavy (non-hydrogen) atoms. The number of halogens is 3. The molecule has 1 unspecified atom stereocenters. The van der Waals surface area contributed by atoms with Crippen LogP contribution in [0.2, 0.25) is 0 Å². The molecule has 0 aliphatic rings. The summed E-state index contributed by atoms with van der Waals surface area (Å²) in [5, 5.41) is 14.0. The van der Waals surface area contributed by atoms with Crippen LogP contribution in [-0.4, -0.2) is 23.7 Å². The maximum atomic E-state index is 13.2. The molecular weight excluding hydrogens is 315 g/mol. The molecule has 0 spiro atoms. The number of carbonyl (C=O) groups excluding carboxylic acids is 1. The van der Waals surface area contributed by atoms with Crippen LogP contribution in [0.15, 0.2) is 47.8 Å². The summed E-state index contributed by atoms with van der Waals surface area (Å²) in [6, 6.07) is 10.2. The Bertz CT molecular complexity index is 613. The quantitative estimate of drug-likeness (QED) is 0.886. The maximum Gasteiger partial charge on any atom is 0.423 e. The Balaban J connectivity index is 2.10. The van der Waals surface area contributed by atoms with E-state index in [1.807, 2.05) is 0 Å². The van der Waals surface area contributed by atoms with E-state index in [2.05, 4.69) is 5.32 Å². The number of benzene rings is 1. The Morgan fingerprint density at radius 2 is 1.82 bits per heavy atom. The van der Waals surface area contributed by atoms with Gasteiger partial charge in [-0.1, -0.05) is 36.4 Å². The minimum atomic E-state index is -4.90. The zero-order chi connectivity index (χ0) is 16.2. The number of rotatable bonds is 5. The van der Waals surface area contributed by atoms with Crippen LogP contribution in [0.5, 0.6) is 0 Å². The van der Waals surface area contributed by atoms with Crippen molar-refractivity contribution in [2.75, 3.05) is 6.54 Å². The van der Waals surface area contributed by atoms with Gasteiger partial charge in [-0.15, -0.1) is 11.3 Å². The zero-order valence-corrected chi connectivity index (χ0v) is 12.2. The van der Waals surface area contributed by atoms with Gasteiger partial charge in [0.1, 0.15) is 0 Å². The van der Waals surface area contributed by atoms with E-state index in [1.165, 1.54) is 35.6 Å². The van der Waals surface area contributed by atoms with E-state index in [1.54, 1.807) is 23.6 Å². The summed E-state index contributed by atoms with van der Waals surface area (Å²) in [5.74, 6) is -0.568. The Hall–Kier alpha value is -1.86. The predicted octanol–water partition coefficient (Wildman–Crippen LogP) is 2.86. The average molecular weight is 329 g/mol. The normalized spacial score (nSPS) is 14.4. The predicted molar refractivity (Wildman–Crippen MR) is 77.4 cm³/mol. The number of hydrogen-bond acceptors (Lipinski definition) is 3. The second-order valence-corrected chi connectivity index (χ2v) is 5.79. The molecule has 0 saturated heterocycles. The van der Waals surface area contributed by atoms with Crippen molar-refractivity contribution in [2.45, 2.75) is 18.2 Å². The number of carbonyl (C=O) groups is 1. The van der Waals surface area contributed by atoms with E-state index in [0.29, 0.717) is 0 Å². The molecule has 0 radical (unpaired) electrons. The smallest absolute Gasteiger partial charge is 0.375 e. The van der Waals surface area contributed by atoms with Crippen LogP contribution in [0.4, 0.5) is 13.2 Å². The molecule has 1 heterocycles. The summed E-state index contributed by atoms with van der Waals surface area (Å²) >= 11 is 1.34. The van der Waals surface area contributed by atoms with E-state index in [0.717, 1.165) is 4.88 Å². The topological polar surface area (TPSA) is 49.3 Å². The van der Waals surface area contributed by atoms with Crippen LogP contribution in [-0.2, 0) is 16.8 Å². The standard InChI is InChI=1S/C15H14F3NO2S/c16-15(17,18)14(21,11-5-2-1-3-6-11)10-19-13(20)9-12-7-4-8-22-12/h1-8,21H,9-10H2,(H,19,20). The van der Waals surface area contributed by atoms with Gasteiger partial charge in [0.05, 0.1) is 13.0 Å². The lowest BCUT2D eigenvalue weighted by atomic mass is 9.93. The first-order chi connectivity index (χ1) is 10.3. The fourth-order valence-electron chi connectivity index (χ4n) is 1.94. The second-order valence-electron chi connectivity index (χ2n) is 4.76. The fourth-order valence-corrected chi connectivity index (χ4v) is 2.64. The number of thiophene rings is 1. The molecule has 0 fully saturated rings. The van der Waals surface area contributed by atoms with Gasteiger partial charge in [0.15, 0.2) is 0 Å². The number of amides is 1. The van der Waals surface area contributed by atoms with Crippen molar-refractivity contribution in [3.05, 3.63) is 58.3 Å². The molecule has 0 saturated carbocycles. The summed E-state index contributed by atoms with van der Waals surface area (Å²) in [4.78, 5) is 12.5. The molecule has 1 aromatic heterocycles. The molecule has 2 aromatic rings. The van der Waals surface area contributed by atoms with Crippen LogP contribution < -0.4 is 5.32 Å². The lowest BCUT2D eigenvalue weighted by Crippen LogP contribution is -2.51. The highest BCUT2D eigenvalue weighted by Gasteiger charge is 2.55. The molecule has 118 valence electrons. The van der Waals surface area contributed by atoms with E-state index in [4.69, 9.17) is 0 Å². The zero-order valence-electron chi connectivity index (χ0n) is 11.4. The van der Waals surface area contributed by atoms with Crippen LogP contribution in [0, 0.1) is 0 Å². The van der Waals surface area contributed by atoms with Gasteiger partial charge in [0.2, 0.25) is 11.5 Å². The Morgan fingerprint density at radius 3 is 2.36 bits per heavy atom. The van der Waals surface area contributed by atoms with E-state index >= 15 is 0 Å². The Morgan fingerprint density at radius 1 is 1.14 bits per heavy atom. The molecule has 2 N–H and O–H groups in total. The summed E-state index contributed by atoms with van der Waals surface area (Å²) in [5.41, 5.74) is -3.42. The van der Waals surface area contributed by atoms with E-state index in [9.17, 15) is 23.1 Å². The fraction of sp³-hybridized carbons (Fsp3) is 0.267. The van der Waals surface area contributed by atoms with E-state index in [-0.39, 0.29) is 12.0 Å². The molecule has 3 nitrogen and oxygen atoms in total. The minimum Gasteiger partial charge on any atom is -0.375 e. The van der Waals surface area contributed by atoms with Gasteiger partial charge in [-0.2, -0.15) is 13.2 Å². The molecule has 0 aliphatic heterocycles. The number of alkyl halides is 3. The highest BCUT2D eigenvalue weighted by Crippen LogP contribution is 2.38. The summed E-state index contributed by atoms with van der Waals surface area (Å²) < 4.78 is 39.7. The third-order valence-electron chi connectivity index (χ3n) is 3.18. The van der Waals surface area contributed by atoms with E-state index < -0.39 is 24.2 Å². The van der Waals surface area contributed by atoms with Crippen molar-refractivity contribution in [3.8, 4) is 0 Å². The van der Waals surface area contributed by atoms with Crippen molar-refractivity contribution in [3.63, 3.8) is 0 Å². The van der Waals surface area contributed by atoms with Crippen molar-refractivity contribution in [1.29, 1.82) is 0 Å². The van der Waals surface area contributed by atoms with Gasteiger partial charge >= 0.3 is 6.18 Å². The van der Waals surface area contributed by atoms with Gasteiger partial charge in [0.25, 0.3) is 0 Å². The van der Waals surface area contributed by atoms with Gasteiger partial charge in [-0.3, -0.25) is 4.79 Å². The Kier molecular flexibility index (Phi) is 4.87. The van der Waals surface area contributed by atoms with Crippen molar-refractivity contribution in [2.24, 2.45) is 0 Å². The lowest BCUT2D eigenvalue weighted by molar-refractivity contribution is -0.264. The number of nitrogens with one attached hydrogen (secondary N) is 1. The minimum absolute atomic E-state index is 0.0135. The largest absolute Gasteiger partial charge is 0.423 e. The van der Waals surface area contributed by atoms with Crippen molar-refractivity contribution < 1.29 is 23.1 Å². The summed E-state index contributed by atoms with van der Waals surface area (Å²) in [7, 11) is 0. The van der Waals surface area contributed by atoms with Crippen LogP contribution in [0.25, 0.3) is 0 Å². The van der Waals surface area contributed by atoms with Crippen molar-refractivity contribution >= 4 is 17.2 Å². The molecule has 1 amide bonds. The average Bonchev–Trinajstić information content (AvgIpc) is 2.97. The third-order valence-corrected chi connectivity index (χ3v) is 4.05. The Labute approximate surface area is 129 Å². The molecule has 0 bridgehead atoms. The number of hydrogen-bond donors (Lipinski definition) is 2. The van der Waals surface area contributed by atoms with Gasteiger partial charge in [-0.05, 0) is 17.0 Å². The summed E-state index contributed by atoms with van der Waals surface area (Å²) in [6.45, 7) is -0.926. The maximum absolute atomic E-state index is 13.2. The summed E-state index contributed by atoms with van der Waals surface area (Å²) in [6.07, 6.45) is -4.91. The van der Waals surface area contributed by atoms with Crippen LogP contribution >= 0.6 is 11.3 Å². The highest BCUT2D eigenvalue weighted by atomic mass is 32.1. The molecule has 0 aliphatic carbocycles. The number of aliphatic hydroxyl groups is 1. The lowest BCUT2D eigenvalue weighted by Gasteiger charge is -2.31. The van der Waals surface area contributed by atoms with Gasteiger partial charge in [-0.25, -0.2) is 0 Å².